The number of carbonyl (C=O) groups excluding carboxylic acids is 1. The van der Waals surface area contributed by atoms with Crippen LogP contribution in [0, 0.1) is 0 Å². The number of hydrogen-bond donors (Lipinski definition) is 0. The van der Waals surface area contributed by atoms with Gasteiger partial charge < -0.3 is 4.74 Å². The molecule has 0 fully saturated rings. The Morgan fingerprint density at radius 2 is 2.50 bits per heavy atom. The van der Waals surface area contributed by atoms with Crippen molar-refractivity contribution in [1.82, 2.24) is 9.78 Å². The Kier molecular flexibility index (Phi) is 2.86. The van der Waals surface area contributed by atoms with Crippen LogP contribution < -0.4 is 0 Å². The largest absolute Gasteiger partial charge is 0.469 e. The molecule has 1 rings (SSSR count). The summed E-state index contributed by atoms with van der Waals surface area (Å²) in [6.07, 6.45) is 1.89. The van der Waals surface area contributed by atoms with Gasteiger partial charge in [0.05, 0.1) is 29.9 Å². The SMILES string of the molecule is COC(=O)Cc1c(Br)cnn1C. The standard InChI is InChI=1S/C7H9BrN2O2/c1-10-6(3-7(11)12-2)5(8)4-9-10/h4H,3H2,1-2H3. The van der Waals surface area contributed by atoms with Crippen molar-refractivity contribution >= 4 is 21.9 Å². The number of esters is 1. The van der Waals surface area contributed by atoms with Gasteiger partial charge in [0.2, 0.25) is 0 Å². The Bertz CT molecular complexity index is 276. The summed E-state index contributed by atoms with van der Waals surface area (Å²) in [5.74, 6) is -0.265. The number of nitrogens with zero attached hydrogens (tertiary/aromatic N) is 2. The predicted octanol–water partition coefficient (Wildman–Crippen LogP) is 0.898. The number of rotatable bonds is 2. The lowest BCUT2D eigenvalue weighted by Gasteiger charge is -2.00. The van der Waals surface area contributed by atoms with Crippen LogP contribution in [0.1, 0.15) is 5.69 Å². The van der Waals surface area contributed by atoms with Gasteiger partial charge in [-0.2, -0.15) is 5.10 Å². The van der Waals surface area contributed by atoms with E-state index in [1.54, 1.807) is 17.9 Å². The molecule has 0 aliphatic rings. The van der Waals surface area contributed by atoms with Crippen LogP contribution in [0.5, 0.6) is 0 Å². The number of aryl methyl sites for hydroxylation is 1. The van der Waals surface area contributed by atoms with E-state index < -0.39 is 0 Å². The van der Waals surface area contributed by atoms with E-state index in [2.05, 4.69) is 25.8 Å². The molecule has 0 atom stereocenters. The molecular formula is C7H9BrN2O2. The van der Waals surface area contributed by atoms with Crippen molar-refractivity contribution in [3.8, 4) is 0 Å². The number of ether oxygens (including phenoxy) is 1. The minimum atomic E-state index is -0.265. The Morgan fingerprint density at radius 3 is 2.92 bits per heavy atom. The summed E-state index contributed by atoms with van der Waals surface area (Å²) in [6, 6.07) is 0. The molecule has 1 heterocycles. The van der Waals surface area contributed by atoms with E-state index in [1.165, 1.54) is 7.11 Å². The monoisotopic (exact) mass is 232 g/mol. The van der Waals surface area contributed by atoms with Gasteiger partial charge >= 0.3 is 5.97 Å². The first-order valence-corrected chi connectivity index (χ1v) is 4.17. The second-order valence-corrected chi connectivity index (χ2v) is 3.17. The Labute approximate surface area is 78.6 Å². The molecule has 0 aromatic carbocycles. The number of methoxy groups -OCH3 is 1. The topological polar surface area (TPSA) is 44.1 Å². The van der Waals surface area contributed by atoms with Crippen LogP contribution >= 0.6 is 15.9 Å². The fourth-order valence-corrected chi connectivity index (χ4v) is 1.33. The maximum absolute atomic E-state index is 10.9. The molecule has 4 nitrogen and oxygen atoms in total. The first-order valence-electron chi connectivity index (χ1n) is 3.38. The summed E-state index contributed by atoms with van der Waals surface area (Å²) in [4.78, 5) is 10.9. The molecule has 0 saturated heterocycles. The van der Waals surface area contributed by atoms with Gasteiger partial charge in [-0.3, -0.25) is 9.48 Å². The van der Waals surface area contributed by atoms with Crippen LogP contribution in [0.4, 0.5) is 0 Å². The minimum absolute atomic E-state index is 0.244. The average Bonchev–Trinajstić information content (AvgIpc) is 2.35. The summed E-state index contributed by atoms with van der Waals surface area (Å²) >= 11 is 3.28. The maximum atomic E-state index is 10.9. The van der Waals surface area contributed by atoms with Crippen LogP contribution in [-0.4, -0.2) is 22.9 Å². The van der Waals surface area contributed by atoms with Gasteiger partial charge in [-0.15, -0.1) is 0 Å². The smallest absolute Gasteiger partial charge is 0.311 e. The van der Waals surface area contributed by atoms with Gasteiger partial charge in [-0.05, 0) is 15.9 Å². The van der Waals surface area contributed by atoms with Crippen molar-refractivity contribution in [3.63, 3.8) is 0 Å². The highest BCUT2D eigenvalue weighted by atomic mass is 79.9. The van der Waals surface area contributed by atoms with E-state index in [4.69, 9.17) is 0 Å². The first-order chi connectivity index (χ1) is 5.65. The van der Waals surface area contributed by atoms with Crippen molar-refractivity contribution < 1.29 is 9.53 Å². The molecule has 0 spiro atoms. The quantitative estimate of drug-likeness (QED) is 0.712. The second kappa shape index (κ2) is 3.71. The van der Waals surface area contributed by atoms with Crippen molar-refractivity contribution in [2.45, 2.75) is 6.42 Å². The van der Waals surface area contributed by atoms with Crippen molar-refractivity contribution in [2.24, 2.45) is 7.05 Å². The third-order valence-electron chi connectivity index (χ3n) is 1.55. The number of hydrogen-bond acceptors (Lipinski definition) is 3. The highest BCUT2D eigenvalue weighted by Crippen LogP contribution is 2.15. The molecule has 0 unspecified atom stereocenters. The predicted molar refractivity (Wildman–Crippen MR) is 46.6 cm³/mol. The molecule has 5 heteroatoms. The van der Waals surface area contributed by atoms with E-state index in [0.717, 1.165) is 10.2 Å². The van der Waals surface area contributed by atoms with Crippen LogP contribution in [0.15, 0.2) is 10.7 Å². The number of aromatic nitrogens is 2. The van der Waals surface area contributed by atoms with Crippen LogP contribution in [0.25, 0.3) is 0 Å². The average molecular weight is 233 g/mol. The van der Waals surface area contributed by atoms with Crippen LogP contribution in [0.3, 0.4) is 0 Å². The Morgan fingerprint density at radius 1 is 1.83 bits per heavy atom. The molecule has 0 saturated carbocycles. The molecule has 66 valence electrons. The first kappa shape index (κ1) is 9.25. The zero-order valence-corrected chi connectivity index (χ0v) is 8.46. The third kappa shape index (κ3) is 1.85. The lowest BCUT2D eigenvalue weighted by molar-refractivity contribution is -0.139. The van der Waals surface area contributed by atoms with E-state index in [-0.39, 0.29) is 12.4 Å². The molecule has 12 heavy (non-hydrogen) atoms. The Hall–Kier alpha value is -0.840. The minimum Gasteiger partial charge on any atom is -0.469 e. The highest BCUT2D eigenvalue weighted by Gasteiger charge is 2.10. The van der Waals surface area contributed by atoms with Gasteiger partial charge in [0.25, 0.3) is 0 Å². The van der Waals surface area contributed by atoms with Crippen molar-refractivity contribution in [3.05, 3.63) is 16.4 Å². The molecular weight excluding hydrogens is 224 g/mol. The van der Waals surface area contributed by atoms with Crippen molar-refractivity contribution in [2.75, 3.05) is 7.11 Å². The third-order valence-corrected chi connectivity index (χ3v) is 2.21. The van der Waals surface area contributed by atoms with Gasteiger partial charge in [-0.1, -0.05) is 0 Å². The summed E-state index contributed by atoms with van der Waals surface area (Å²) in [6.45, 7) is 0. The molecule has 0 amide bonds. The van der Waals surface area contributed by atoms with E-state index in [0.29, 0.717) is 0 Å². The number of halogens is 1. The summed E-state index contributed by atoms with van der Waals surface area (Å²) < 4.78 is 7.00. The molecule has 1 aromatic rings. The van der Waals surface area contributed by atoms with Crippen LogP contribution in [-0.2, 0) is 23.0 Å². The van der Waals surface area contributed by atoms with Crippen LogP contribution in [0.2, 0.25) is 0 Å². The Balaban J connectivity index is 2.80. The maximum Gasteiger partial charge on any atom is 0.311 e. The summed E-state index contributed by atoms with van der Waals surface area (Å²) in [5.41, 5.74) is 0.821. The highest BCUT2D eigenvalue weighted by molar-refractivity contribution is 9.10. The van der Waals surface area contributed by atoms with E-state index in [1.807, 2.05) is 0 Å². The van der Waals surface area contributed by atoms with E-state index in [9.17, 15) is 4.79 Å². The number of carbonyl (C=O) groups is 1. The van der Waals surface area contributed by atoms with Crippen molar-refractivity contribution in [1.29, 1.82) is 0 Å². The van der Waals surface area contributed by atoms with Gasteiger partial charge in [0, 0.05) is 7.05 Å². The van der Waals surface area contributed by atoms with Gasteiger partial charge in [0.1, 0.15) is 0 Å². The normalized spacial score (nSPS) is 9.92. The molecule has 1 aromatic heterocycles. The molecule has 0 aliphatic carbocycles. The molecule has 0 N–H and O–H groups in total. The summed E-state index contributed by atoms with van der Waals surface area (Å²) in [7, 11) is 3.15. The van der Waals surface area contributed by atoms with E-state index >= 15 is 0 Å². The second-order valence-electron chi connectivity index (χ2n) is 2.32. The molecule has 0 radical (unpaired) electrons. The fraction of sp³-hybridized carbons (Fsp3) is 0.429. The molecule has 0 bridgehead atoms. The zero-order valence-electron chi connectivity index (χ0n) is 6.87. The lowest BCUT2D eigenvalue weighted by Crippen LogP contribution is -2.09. The summed E-state index contributed by atoms with van der Waals surface area (Å²) in [5, 5.41) is 3.97. The molecule has 0 aliphatic heterocycles. The van der Waals surface area contributed by atoms with Gasteiger partial charge in [0.15, 0.2) is 0 Å². The fourth-order valence-electron chi connectivity index (χ4n) is 0.844. The zero-order chi connectivity index (χ0) is 9.14. The lowest BCUT2D eigenvalue weighted by atomic mass is 10.3. The van der Waals surface area contributed by atoms with Gasteiger partial charge in [-0.25, -0.2) is 0 Å².